The van der Waals surface area contributed by atoms with Crippen LogP contribution in [0.25, 0.3) is 10.8 Å². The van der Waals surface area contributed by atoms with Gasteiger partial charge in [0.15, 0.2) is 0 Å². The zero-order valence-corrected chi connectivity index (χ0v) is 16.0. The largest absolute Gasteiger partial charge is 0.497 e. The van der Waals surface area contributed by atoms with E-state index in [9.17, 15) is 10.2 Å². The minimum absolute atomic E-state index is 0.0343. The van der Waals surface area contributed by atoms with E-state index in [2.05, 4.69) is 18.2 Å². The highest BCUT2D eigenvalue weighted by atomic mass is 16.5. The molecule has 5 nitrogen and oxygen atoms in total. The molecule has 3 aromatic carbocycles. The van der Waals surface area contributed by atoms with E-state index < -0.39 is 12.2 Å². The van der Waals surface area contributed by atoms with E-state index in [1.54, 1.807) is 7.11 Å². The molecule has 0 unspecified atom stereocenters. The monoisotopic (exact) mass is 382 g/mol. The van der Waals surface area contributed by atoms with E-state index in [4.69, 9.17) is 14.2 Å². The average Bonchev–Trinajstić information content (AvgIpc) is 2.74. The van der Waals surface area contributed by atoms with Crippen molar-refractivity contribution in [1.82, 2.24) is 0 Å². The molecule has 28 heavy (non-hydrogen) atoms. The number of aliphatic hydroxyl groups is 2. The number of ether oxygens (including phenoxy) is 3. The summed E-state index contributed by atoms with van der Waals surface area (Å²) < 4.78 is 16.2. The highest BCUT2D eigenvalue weighted by Crippen LogP contribution is 2.16. The summed E-state index contributed by atoms with van der Waals surface area (Å²) in [5.74, 6) is 0.780. The van der Waals surface area contributed by atoms with Crippen molar-refractivity contribution in [3.05, 3.63) is 77.9 Å². The van der Waals surface area contributed by atoms with Crippen LogP contribution in [0.4, 0.5) is 0 Å². The molecule has 0 radical (unpaired) electrons. The number of aliphatic hydroxyl groups excluding tert-OH is 2. The Morgan fingerprint density at radius 2 is 1.29 bits per heavy atom. The molecule has 148 valence electrons. The van der Waals surface area contributed by atoms with E-state index in [1.165, 1.54) is 5.39 Å². The zero-order valence-electron chi connectivity index (χ0n) is 16.0. The SMILES string of the molecule is COc1ccc(COC[C@H](O)[C@H](O)COCc2ccc3ccccc3c2)cc1. The summed E-state index contributed by atoms with van der Waals surface area (Å²) in [6.45, 7) is 0.805. The molecule has 0 spiro atoms. The maximum Gasteiger partial charge on any atom is 0.118 e. The van der Waals surface area contributed by atoms with Crippen LogP contribution in [0.1, 0.15) is 11.1 Å². The fraction of sp³-hybridized carbons (Fsp3) is 0.304. The lowest BCUT2D eigenvalue weighted by atomic mass is 10.1. The molecule has 0 amide bonds. The summed E-state index contributed by atoms with van der Waals surface area (Å²) in [5.41, 5.74) is 1.99. The van der Waals surface area contributed by atoms with Crippen LogP contribution >= 0.6 is 0 Å². The van der Waals surface area contributed by atoms with Gasteiger partial charge in [0.2, 0.25) is 0 Å². The van der Waals surface area contributed by atoms with Crippen LogP contribution in [0.5, 0.6) is 5.75 Å². The molecule has 0 saturated heterocycles. The maximum absolute atomic E-state index is 10.1. The fourth-order valence-electron chi connectivity index (χ4n) is 2.87. The molecule has 0 bridgehead atoms. The topological polar surface area (TPSA) is 68.2 Å². The molecule has 3 rings (SSSR count). The van der Waals surface area contributed by atoms with Crippen LogP contribution in [0.15, 0.2) is 66.7 Å². The summed E-state index contributed by atoms with van der Waals surface area (Å²) in [5, 5.41) is 22.4. The van der Waals surface area contributed by atoms with Crippen molar-refractivity contribution in [2.24, 2.45) is 0 Å². The van der Waals surface area contributed by atoms with E-state index >= 15 is 0 Å². The van der Waals surface area contributed by atoms with Crippen LogP contribution in [0, 0.1) is 0 Å². The molecule has 0 fully saturated rings. The molecule has 5 heteroatoms. The Labute approximate surface area is 165 Å². The molecule has 0 aliphatic carbocycles. The van der Waals surface area contributed by atoms with Crippen molar-refractivity contribution < 1.29 is 24.4 Å². The third-order valence-corrected chi connectivity index (χ3v) is 4.53. The normalized spacial score (nSPS) is 13.4. The number of methoxy groups -OCH3 is 1. The number of fused-ring (bicyclic) bond motifs is 1. The lowest BCUT2D eigenvalue weighted by molar-refractivity contribution is -0.0758. The van der Waals surface area contributed by atoms with Crippen LogP contribution in [0.2, 0.25) is 0 Å². The quantitative estimate of drug-likeness (QED) is 0.563. The van der Waals surface area contributed by atoms with Gasteiger partial charge in [0.05, 0.1) is 33.5 Å². The molecule has 0 aliphatic rings. The first-order chi connectivity index (χ1) is 13.7. The van der Waals surface area contributed by atoms with Crippen LogP contribution in [-0.4, -0.2) is 42.7 Å². The van der Waals surface area contributed by atoms with Crippen molar-refractivity contribution in [2.45, 2.75) is 25.4 Å². The van der Waals surface area contributed by atoms with Crippen molar-refractivity contribution in [1.29, 1.82) is 0 Å². The third kappa shape index (κ3) is 5.78. The third-order valence-electron chi connectivity index (χ3n) is 4.53. The summed E-state index contributed by atoms with van der Waals surface area (Å²) in [4.78, 5) is 0. The number of hydrogen-bond donors (Lipinski definition) is 2. The number of benzene rings is 3. The molecule has 2 N–H and O–H groups in total. The fourth-order valence-corrected chi connectivity index (χ4v) is 2.87. The molecule has 0 aliphatic heterocycles. The van der Waals surface area contributed by atoms with Gasteiger partial charge in [-0.1, -0.05) is 48.5 Å². The van der Waals surface area contributed by atoms with Crippen LogP contribution < -0.4 is 4.74 Å². The standard InChI is InChI=1S/C23H26O5/c1-26-21-10-7-17(8-11-21)13-27-15-22(24)23(25)16-28-14-18-6-9-19-4-2-3-5-20(19)12-18/h2-12,22-25H,13-16H2,1H3/t22-,23+/m0/s1. The lowest BCUT2D eigenvalue weighted by Gasteiger charge is -2.18. The summed E-state index contributed by atoms with van der Waals surface area (Å²) in [6, 6.07) is 21.7. The van der Waals surface area contributed by atoms with Crippen molar-refractivity contribution >= 4 is 10.8 Å². The predicted octanol–water partition coefficient (Wildman–Crippen LogP) is 3.30. The van der Waals surface area contributed by atoms with Gasteiger partial charge < -0.3 is 24.4 Å². The van der Waals surface area contributed by atoms with Gasteiger partial charge in [0.1, 0.15) is 18.0 Å². The van der Waals surface area contributed by atoms with Crippen molar-refractivity contribution in [3.8, 4) is 5.75 Å². The highest BCUT2D eigenvalue weighted by molar-refractivity contribution is 5.82. The Hall–Kier alpha value is -2.44. The summed E-state index contributed by atoms with van der Waals surface area (Å²) in [7, 11) is 1.62. The maximum atomic E-state index is 10.1. The first-order valence-corrected chi connectivity index (χ1v) is 9.28. The van der Waals surface area contributed by atoms with Crippen LogP contribution in [0.3, 0.4) is 0 Å². The van der Waals surface area contributed by atoms with Crippen molar-refractivity contribution in [2.75, 3.05) is 20.3 Å². The van der Waals surface area contributed by atoms with E-state index in [0.29, 0.717) is 13.2 Å². The zero-order chi connectivity index (χ0) is 19.8. The van der Waals surface area contributed by atoms with E-state index in [1.807, 2.05) is 48.5 Å². The van der Waals surface area contributed by atoms with Gasteiger partial charge in [-0.3, -0.25) is 0 Å². The smallest absolute Gasteiger partial charge is 0.118 e. The van der Waals surface area contributed by atoms with Gasteiger partial charge in [-0.05, 0) is 40.1 Å². The second-order valence-corrected chi connectivity index (χ2v) is 6.69. The minimum atomic E-state index is -1.00. The van der Waals surface area contributed by atoms with Crippen molar-refractivity contribution in [3.63, 3.8) is 0 Å². The molecule has 0 heterocycles. The van der Waals surface area contributed by atoms with Gasteiger partial charge in [0, 0.05) is 0 Å². The van der Waals surface area contributed by atoms with Gasteiger partial charge in [0.25, 0.3) is 0 Å². The van der Waals surface area contributed by atoms with Crippen LogP contribution in [-0.2, 0) is 22.7 Å². The second-order valence-electron chi connectivity index (χ2n) is 6.69. The second kappa shape index (κ2) is 10.2. The van der Waals surface area contributed by atoms with Gasteiger partial charge in [-0.2, -0.15) is 0 Å². The summed E-state index contributed by atoms with van der Waals surface area (Å²) >= 11 is 0. The van der Waals surface area contributed by atoms with E-state index in [0.717, 1.165) is 22.3 Å². The summed E-state index contributed by atoms with van der Waals surface area (Å²) in [6.07, 6.45) is -2.01. The molecule has 0 saturated carbocycles. The Balaban J connectivity index is 1.37. The Kier molecular flexibility index (Phi) is 7.39. The average molecular weight is 382 g/mol. The number of hydrogen-bond acceptors (Lipinski definition) is 5. The number of rotatable bonds is 10. The lowest BCUT2D eigenvalue weighted by Crippen LogP contribution is -2.34. The Morgan fingerprint density at radius 3 is 1.93 bits per heavy atom. The Morgan fingerprint density at radius 1 is 0.714 bits per heavy atom. The first-order valence-electron chi connectivity index (χ1n) is 9.28. The Bertz CT molecular complexity index is 862. The predicted molar refractivity (Wildman–Crippen MR) is 108 cm³/mol. The molecule has 0 aromatic heterocycles. The molecule has 2 atom stereocenters. The van der Waals surface area contributed by atoms with Gasteiger partial charge in [-0.15, -0.1) is 0 Å². The van der Waals surface area contributed by atoms with Gasteiger partial charge >= 0.3 is 0 Å². The highest BCUT2D eigenvalue weighted by Gasteiger charge is 2.16. The van der Waals surface area contributed by atoms with Gasteiger partial charge in [-0.25, -0.2) is 0 Å². The van der Waals surface area contributed by atoms with E-state index in [-0.39, 0.29) is 13.2 Å². The molecular formula is C23H26O5. The molecule has 3 aromatic rings. The minimum Gasteiger partial charge on any atom is -0.497 e. The molecular weight excluding hydrogens is 356 g/mol. The first kappa shape index (κ1) is 20.3.